The largest absolute Gasteiger partial charge is 0.285 e. The molecule has 0 spiro atoms. The first-order valence-electron chi connectivity index (χ1n) is 8.56. The molecule has 2 aliphatic heterocycles. The second-order valence-electron chi connectivity index (χ2n) is 6.38. The number of fused-ring (bicyclic) bond motifs is 2. The van der Waals surface area contributed by atoms with Crippen molar-refractivity contribution in [1.29, 1.82) is 0 Å². The van der Waals surface area contributed by atoms with Crippen molar-refractivity contribution in [2.24, 2.45) is 9.50 Å². The quantitative estimate of drug-likeness (QED) is 0.617. The van der Waals surface area contributed by atoms with Gasteiger partial charge in [0.15, 0.2) is 5.84 Å². The first-order valence-corrected chi connectivity index (χ1v) is 10.00. The van der Waals surface area contributed by atoms with Crippen molar-refractivity contribution in [1.82, 2.24) is 5.01 Å². The molecule has 0 saturated carbocycles. The van der Waals surface area contributed by atoms with Gasteiger partial charge in [-0.05, 0) is 31.2 Å². The highest BCUT2D eigenvalue weighted by Crippen LogP contribution is 2.30. The van der Waals surface area contributed by atoms with Crippen LogP contribution in [0.15, 0.2) is 69.0 Å². The third kappa shape index (κ3) is 3.19. The van der Waals surface area contributed by atoms with Crippen molar-refractivity contribution in [3.8, 4) is 0 Å². The normalized spacial score (nSPS) is 20.2. The van der Waals surface area contributed by atoms with Gasteiger partial charge in [-0.1, -0.05) is 30.3 Å². The Hall–Kier alpha value is -3.01. The first-order chi connectivity index (χ1) is 13.4. The molecule has 0 radical (unpaired) electrons. The summed E-state index contributed by atoms with van der Waals surface area (Å²) in [6, 6.07) is 13.8. The van der Waals surface area contributed by atoms with Crippen molar-refractivity contribution in [3.05, 3.63) is 65.7 Å². The monoisotopic (exact) mass is 398 g/mol. The number of amidine groups is 1. The molecule has 4 rings (SSSR count). The van der Waals surface area contributed by atoms with Gasteiger partial charge in [0.25, 0.3) is 10.0 Å². The van der Waals surface area contributed by atoms with Gasteiger partial charge in [0, 0.05) is 23.7 Å². The Morgan fingerprint density at radius 2 is 1.86 bits per heavy atom. The van der Waals surface area contributed by atoms with Crippen LogP contribution in [0.25, 0.3) is 5.57 Å². The van der Waals surface area contributed by atoms with Crippen molar-refractivity contribution < 1.29 is 18.5 Å². The van der Waals surface area contributed by atoms with Gasteiger partial charge in [0.2, 0.25) is 0 Å². The van der Waals surface area contributed by atoms with Gasteiger partial charge < -0.3 is 0 Å². The van der Waals surface area contributed by atoms with Crippen molar-refractivity contribution in [2.75, 3.05) is 12.3 Å². The highest BCUT2D eigenvalue weighted by molar-refractivity contribution is 7.90. The zero-order valence-electron chi connectivity index (χ0n) is 15.2. The maximum absolute atomic E-state index is 12.2. The molecular formula is C19H18N4O4S. The zero-order chi connectivity index (χ0) is 19.9. The fourth-order valence-corrected chi connectivity index (χ4v) is 4.34. The van der Waals surface area contributed by atoms with Crippen LogP contribution in [-0.2, 0) is 14.9 Å². The van der Waals surface area contributed by atoms with Crippen LogP contribution in [0.4, 0.5) is 5.69 Å². The molecule has 0 bridgehead atoms. The smallest absolute Gasteiger partial charge is 0.264 e. The van der Waals surface area contributed by atoms with Crippen LogP contribution < -0.4 is 5.23 Å². The maximum atomic E-state index is 12.2. The average molecular weight is 398 g/mol. The number of anilines is 1. The van der Waals surface area contributed by atoms with E-state index in [4.69, 9.17) is 4.84 Å². The van der Waals surface area contributed by atoms with Crippen LogP contribution in [0.2, 0.25) is 0 Å². The summed E-state index contributed by atoms with van der Waals surface area (Å²) in [6.07, 6.45) is 3.01. The van der Waals surface area contributed by atoms with E-state index >= 15 is 0 Å². The van der Waals surface area contributed by atoms with Gasteiger partial charge in [-0.25, -0.2) is 9.85 Å². The van der Waals surface area contributed by atoms with Gasteiger partial charge in [-0.15, -0.1) is 9.62 Å². The lowest BCUT2D eigenvalue weighted by atomic mass is 10.0. The van der Waals surface area contributed by atoms with Gasteiger partial charge >= 0.3 is 0 Å². The average Bonchev–Trinajstić information content (AvgIpc) is 2.89. The van der Waals surface area contributed by atoms with Gasteiger partial charge in [0.05, 0.1) is 6.21 Å². The molecule has 2 heterocycles. The Bertz CT molecular complexity index is 1120. The topological polar surface area (TPSA) is 94.8 Å². The Balaban J connectivity index is 1.69. The third-order valence-electron chi connectivity index (χ3n) is 4.39. The lowest BCUT2D eigenvalue weighted by Crippen LogP contribution is -2.22. The van der Waals surface area contributed by atoms with Crippen LogP contribution >= 0.6 is 0 Å². The highest BCUT2D eigenvalue weighted by Gasteiger charge is 2.30. The summed E-state index contributed by atoms with van der Waals surface area (Å²) in [4.78, 5) is 5.55. The predicted octanol–water partition coefficient (Wildman–Crippen LogP) is 2.67. The molecule has 1 atom stereocenters. The van der Waals surface area contributed by atoms with E-state index in [1.165, 1.54) is 11.1 Å². The predicted molar refractivity (Wildman–Crippen MR) is 106 cm³/mol. The van der Waals surface area contributed by atoms with E-state index < -0.39 is 16.1 Å². The van der Waals surface area contributed by atoms with Crippen LogP contribution in [0, 0.1) is 0 Å². The Labute approximate surface area is 162 Å². The second kappa shape index (κ2) is 6.86. The summed E-state index contributed by atoms with van der Waals surface area (Å²) in [7, 11) is -2.08. The number of benzene rings is 2. The molecule has 1 unspecified atom stereocenters. The number of para-hydroxylation sites is 1. The molecule has 0 aromatic heterocycles. The van der Waals surface area contributed by atoms with Crippen LogP contribution in [0.3, 0.4) is 0 Å². The standard InChI is InChI=1S/C19H18N4O4S/c1-13-11-14(15-7-3-5-9-17(15)23(24)27-13)12-20-22(2)19-16-8-4-6-10-18(16)28(25,26)21-19/h3-13,24H,1-2H3/b20-12+. The molecule has 144 valence electrons. The molecule has 8 nitrogen and oxygen atoms in total. The molecule has 0 aliphatic carbocycles. The van der Waals surface area contributed by atoms with Crippen LogP contribution in [0.1, 0.15) is 18.1 Å². The Morgan fingerprint density at radius 1 is 1.18 bits per heavy atom. The highest BCUT2D eigenvalue weighted by atomic mass is 32.2. The van der Waals surface area contributed by atoms with Crippen molar-refractivity contribution in [3.63, 3.8) is 0 Å². The van der Waals surface area contributed by atoms with E-state index in [-0.39, 0.29) is 10.7 Å². The molecular weight excluding hydrogens is 380 g/mol. The SMILES string of the molecule is CC1C=C(/C=N/N(C)C2=NS(=O)(=O)c3ccccc32)c2ccccc2N(O)O1. The summed E-state index contributed by atoms with van der Waals surface area (Å²) >= 11 is 0. The second-order valence-corrected chi connectivity index (χ2v) is 7.95. The maximum Gasteiger partial charge on any atom is 0.285 e. The lowest BCUT2D eigenvalue weighted by Gasteiger charge is -2.18. The number of hydrogen-bond donors (Lipinski definition) is 1. The summed E-state index contributed by atoms with van der Waals surface area (Å²) < 4.78 is 28.3. The minimum atomic E-state index is -3.72. The lowest BCUT2D eigenvalue weighted by molar-refractivity contribution is -0.0603. The Morgan fingerprint density at radius 3 is 2.64 bits per heavy atom. The molecule has 2 aliphatic rings. The fraction of sp³-hybridized carbons (Fsp3) is 0.158. The van der Waals surface area contributed by atoms with Crippen LogP contribution in [-0.4, -0.2) is 43.8 Å². The minimum absolute atomic E-state index is 0.170. The minimum Gasteiger partial charge on any atom is -0.264 e. The molecule has 0 fully saturated rings. The van der Waals surface area contributed by atoms with Crippen LogP contribution in [0.5, 0.6) is 0 Å². The number of rotatable bonds is 2. The zero-order valence-corrected chi connectivity index (χ0v) is 16.0. The molecule has 2 aromatic rings. The van der Waals surface area contributed by atoms with Crippen molar-refractivity contribution in [2.45, 2.75) is 17.9 Å². The third-order valence-corrected chi connectivity index (χ3v) is 5.72. The van der Waals surface area contributed by atoms with E-state index in [2.05, 4.69) is 9.50 Å². The van der Waals surface area contributed by atoms with E-state index in [0.29, 0.717) is 11.3 Å². The van der Waals surface area contributed by atoms with Gasteiger partial charge in [0.1, 0.15) is 16.7 Å². The molecule has 0 amide bonds. The van der Waals surface area contributed by atoms with Gasteiger partial charge in [-0.2, -0.15) is 13.5 Å². The summed E-state index contributed by atoms with van der Waals surface area (Å²) in [6.45, 7) is 1.79. The molecule has 2 aromatic carbocycles. The van der Waals surface area contributed by atoms with E-state index in [0.717, 1.165) is 16.4 Å². The van der Waals surface area contributed by atoms with E-state index in [9.17, 15) is 13.6 Å². The Kier molecular flexibility index (Phi) is 4.50. The summed E-state index contributed by atoms with van der Waals surface area (Å²) in [5.41, 5.74) is 2.45. The molecule has 0 saturated heterocycles. The first kappa shape index (κ1) is 18.4. The number of allylic oxidation sites excluding steroid dienone is 1. The summed E-state index contributed by atoms with van der Waals surface area (Å²) in [5, 5.41) is 16.6. The number of sulfonamides is 1. The number of nitrogens with zero attached hydrogens (tertiary/aromatic N) is 4. The molecule has 28 heavy (non-hydrogen) atoms. The number of hydrazone groups is 1. The van der Waals surface area contributed by atoms with Crippen molar-refractivity contribution >= 4 is 33.3 Å². The molecule has 1 N–H and O–H groups in total. The number of hydrogen-bond acceptors (Lipinski definition) is 7. The van der Waals surface area contributed by atoms with E-state index in [1.54, 1.807) is 50.5 Å². The van der Waals surface area contributed by atoms with E-state index in [1.807, 2.05) is 18.2 Å². The summed E-state index contributed by atoms with van der Waals surface area (Å²) in [5.74, 6) is 0.252. The molecule has 9 heteroatoms. The fourth-order valence-electron chi connectivity index (χ4n) is 3.11. The van der Waals surface area contributed by atoms with Gasteiger partial charge in [-0.3, -0.25) is 5.21 Å².